The lowest BCUT2D eigenvalue weighted by molar-refractivity contribution is 0.0756. The molecular weight excluding hydrogens is 260 g/mol. The Morgan fingerprint density at radius 3 is 2.94 bits per heavy atom. The molecule has 1 aliphatic rings. The van der Waals surface area contributed by atoms with Crippen LogP contribution < -0.4 is 5.32 Å². The van der Waals surface area contributed by atoms with Gasteiger partial charge in [-0.2, -0.15) is 0 Å². The Kier molecular flexibility index (Phi) is 3.76. The van der Waals surface area contributed by atoms with Gasteiger partial charge in [0.05, 0.1) is 13.2 Å². The lowest BCUT2D eigenvalue weighted by Crippen LogP contribution is -2.38. The van der Waals surface area contributed by atoms with Crippen LogP contribution in [0.4, 0.5) is 4.79 Å². The summed E-state index contributed by atoms with van der Waals surface area (Å²) in [5.41, 5.74) is 0. The zero-order chi connectivity index (χ0) is 13.1. The van der Waals surface area contributed by atoms with Crippen molar-refractivity contribution in [3.63, 3.8) is 0 Å². The van der Waals surface area contributed by atoms with Crippen molar-refractivity contribution in [2.45, 2.75) is 12.5 Å². The Bertz CT molecular complexity index is 460. The molecule has 2 heterocycles. The maximum Gasteiger partial charge on any atom is 0.407 e. The van der Waals surface area contributed by atoms with Gasteiger partial charge in [-0.15, -0.1) is 0 Å². The number of halogens is 1. The number of furan rings is 1. The summed E-state index contributed by atoms with van der Waals surface area (Å²) >= 11 is 5.62. The van der Waals surface area contributed by atoms with Crippen molar-refractivity contribution in [2.75, 3.05) is 20.2 Å². The van der Waals surface area contributed by atoms with E-state index in [1.54, 1.807) is 4.90 Å². The van der Waals surface area contributed by atoms with Gasteiger partial charge in [0.2, 0.25) is 0 Å². The molecule has 1 fully saturated rings. The van der Waals surface area contributed by atoms with Crippen molar-refractivity contribution in [3.8, 4) is 0 Å². The fourth-order valence-electron chi connectivity index (χ4n) is 1.87. The molecule has 0 aliphatic carbocycles. The van der Waals surface area contributed by atoms with Crippen LogP contribution in [-0.2, 0) is 4.74 Å². The molecule has 1 N–H and O–H groups in total. The highest BCUT2D eigenvalue weighted by Gasteiger charge is 2.29. The first-order chi connectivity index (χ1) is 8.60. The SMILES string of the molecule is COC(=O)NC1CCN(C(=O)c2ccc(Cl)o2)C1. The van der Waals surface area contributed by atoms with Gasteiger partial charge in [-0.25, -0.2) is 4.79 Å². The zero-order valence-corrected chi connectivity index (χ0v) is 10.6. The van der Waals surface area contributed by atoms with Crippen LogP contribution in [0.2, 0.25) is 5.22 Å². The highest BCUT2D eigenvalue weighted by molar-refractivity contribution is 6.29. The minimum atomic E-state index is -0.490. The number of hydrogen-bond acceptors (Lipinski definition) is 4. The van der Waals surface area contributed by atoms with Gasteiger partial charge < -0.3 is 19.4 Å². The largest absolute Gasteiger partial charge is 0.453 e. The average molecular weight is 273 g/mol. The molecule has 1 atom stereocenters. The van der Waals surface area contributed by atoms with Crippen LogP contribution >= 0.6 is 11.6 Å². The van der Waals surface area contributed by atoms with Crippen molar-refractivity contribution in [3.05, 3.63) is 23.1 Å². The lowest BCUT2D eigenvalue weighted by atomic mass is 10.3. The van der Waals surface area contributed by atoms with Crippen LogP contribution in [0.1, 0.15) is 17.0 Å². The van der Waals surface area contributed by atoms with E-state index in [0.29, 0.717) is 19.5 Å². The summed E-state index contributed by atoms with van der Waals surface area (Å²) in [6.07, 6.45) is 0.199. The number of rotatable bonds is 2. The maximum absolute atomic E-state index is 12.0. The molecule has 0 aromatic carbocycles. The summed E-state index contributed by atoms with van der Waals surface area (Å²) in [6, 6.07) is 2.97. The van der Waals surface area contributed by atoms with Crippen molar-refractivity contribution in [1.29, 1.82) is 0 Å². The second-order valence-corrected chi connectivity index (χ2v) is 4.35. The van der Waals surface area contributed by atoms with E-state index in [0.717, 1.165) is 0 Å². The Morgan fingerprint density at radius 2 is 2.33 bits per heavy atom. The lowest BCUT2D eigenvalue weighted by Gasteiger charge is -2.15. The van der Waals surface area contributed by atoms with E-state index in [-0.39, 0.29) is 22.9 Å². The summed E-state index contributed by atoms with van der Waals surface area (Å²) in [7, 11) is 1.30. The van der Waals surface area contributed by atoms with Crippen LogP contribution in [0.15, 0.2) is 16.5 Å². The molecule has 2 amide bonds. The smallest absolute Gasteiger partial charge is 0.407 e. The van der Waals surface area contributed by atoms with Gasteiger partial charge in [0, 0.05) is 13.1 Å². The number of ether oxygens (including phenoxy) is 1. The molecule has 6 nitrogen and oxygen atoms in total. The summed E-state index contributed by atoms with van der Waals surface area (Å²) < 4.78 is 9.56. The normalized spacial score (nSPS) is 18.8. The molecule has 1 aromatic rings. The number of hydrogen-bond donors (Lipinski definition) is 1. The van der Waals surface area contributed by atoms with Crippen molar-refractivity contribution < 1.29 is 18.7 Å². The summed E-state index contributed by atoms with van der Waals surface area (Å²) in [6.45, 7) is 0.998. The van der Waals surface area contributed by atoms with E-state index in [1.165, 1.54) is 19.2 Å². The number of carbonyl (C=O) groups is 2. The molecule has 7 heteroatoms. The van der Waals surface area contributed by atoms with Crippen LogP contribution in [0.5, 0.6) is 0 Å². The molecule has 0 bridgehead atoms. The first-order valence-corrected chi connectivity index (χ1v) is 5.87. The maximum atomic E-state index is 12.0. The third-order valence-corrected chi connectivity index (χ3v) is 2.97. The van der Waals surface area contributed by atoms with Crippen LogP contribution in [0.3, 0.4) is 0 Å². The molecule has 1 aliphatic heterocycles. The van der Waals surface area contributed by atoms with E-state index in [1.807, 2.05) is 0 Å². The summed E-state index contributed by atoms with van der Waals surface area (Å²) in [4.78, 5) is 24.6. The van der Waals surface area contributed by atoms with Gasteiger partial charge in [-0.05, 0) is 30.2 Å². The Morgan fingerprint density at radius 1 is 1.56 bits per heavy atom. The fraction of sp³-hybridized carbons (Fsp3) is 0.455. The topological polar surface area (TPSA) is 71.8 Å². The molecule has 1 aromatic heterocycles. The monoisotopic (exact) mass is 272 g/mol. The van der Waals surface area contributed by atoms with Crippen molar-refractivity contribution in [2.24, 2.45) is 0 Å². The fourth-order valence-corrected chi connectivity index (χ4v) is 2.02. The summed E-state index contributed by atoms with van der Waals surface area (Å²) in [5.74, 6) is -0.0187. The zero-order valence-electron chi connectivity index (χ0n) is 9.81. The van der Waals surface area contributed by atoms with Crippen LogP contribution in [0.25, 0.3) is 0 Å². The van der Waals surface area contributed by atoms with Gasteiger partial charge in [-0.3, -0.25) is 4.79 Å². The van der Waals surface area contributed by atoms with Gasteiger partial charge in [0.25, 0.3) is 5.91 Å². The molecule has 2 rings (SSSR count). The van der Waals surface area contributed by atoms with Crippen LogP contribution in [0, 0.1) is 0 Å². The van der Waals surface area contributed by atoms with E-state index in [9.17, 15) is 9.59 Å². The standard InChI is InChI=1S/C11H13ClN2O4/c1-17-11(16)13-7-4-5-14(6-7)10(15)8-2-3-9(12)18-8/h2-3,7H,4-6H2,1H3,(H,13,16). The third-order valence-electron chi connectivity index (χ3n) is 2.77. The second kappa shape index (κ2) is 5.30. The first kappa shape index (κ1) is 12.8. The molecule has 98 valence electrons. The number of methoxy groups -OCH3 is 1. The van der Waals surface area contributed by atoms with Crippen molar-refractivity contribution >= 4 is 23.6 Å². The number of nitrogens with zero attached hydrogens (tertiary/aromatic N) is 1. The van der Waals surface area contributed by atoms with E-state index in [2.05, 4.69) is 10.1 Å². The molecule has 18 heavy (non-hydrogen) atoms. The first-order valence-electron chi connectivity index (χ1n) is 5.49. The molecule has 0 radical (unpaired) electrons. The Balaban J connectivity index is 1.92. The molecule has 1 saturated heterocycles. The summed E-state index contributed by atoms with van der Waals surface area (Å²) in [5, 5.41) is 2.84. The number of carbonyl (C=O) groups excluding carboxylic acids is 2. The molecule has 0 saturated carbocycles. The number of nitrogens with one attached hydrogen (secondary N) is 1. The number of alkyl carbamates (subject to hydrolysis) is 1. The molecule has 1 unspecified atom stereocenters. The minimum Gasteiger partial charge on any atom is -0.453 e. The van der Waals surface area contributed by atoms with Gasteiger partial charge in [-0.1, -0.05) is 0 Å². The van der Waals surface area contributed by atoms with Gasteiger partial charge in [0.1, 0.15) is 0 Å². The predicted octanol–water partition coefficient (Wildman–Crippen LogP) is 1.50. The highest BCUT2D eigenvalue weighted by Crippen LogP contribution is 2.18. The number of likely N-dealkylation sites (tertiary alicyclic amines) is 1. The van der Waals surface area contributed by atoms with Gasteiger partial charge >= 0.3 is 6.09 Å². The quantitative estimate of drug-likeness (QED) is 0.886. The van der Waals surface area contributed by atoms with E-state index in [4.69, 9.17) is 16.0 Å². The highest BCUT2D eigenvalue weighted by atomic mass is 35.5. The third kappa shape index (κ3) is 2.76. The number of amides is 2. The Hall–Kier alpha value is -1.69. The minimum absolute atomic E-state index is 0.0909. The van der Waals surface area contributed by atoms with E-state index >= 15 is 0 Å². The molecule has 0 spiro atoms. The Labute approximate surface area is 109 Å². The second-order valence-electron chi connectivity index (χ2n) is 3.98. The van der Waals surface area contributed by atoms with Gasteiger partial charge in [0.15, 0.2) is 11.0 Å². The van der Waals surface area contributed by atoms with Crippen molar-refractivity contribution in [1.82, 2.24) is 10.2 Å². The predicted molar refractivity (Wildman–Crippen MR) is 63.6 cm³/mol. The average Bonchev–Trinajstić information content (AvgIpc) is 2.97. The van der Waals surface area contributed by atoms with E-state index < -0.39 is 6.09 Å². The molecular formula is C11H13ClN2O4. The van der Waals surface area contributed by atoms with Crippen LogP contribution in [-0.4, -0.2) is 43.1 Å².